The molecule has 0 saturated heterocycles. The molecule has 0 spiro atoms. The van der Waals surface area contributed by atoms with Gasteiger partial charge in [-0.1, -0.05) is 29.8 Å². The second kappa shape index (κ2) is 4.19. The molecular formula is C12H13BrN2. The Morgan fingerprint density at radius 1 is 1.13 bits per heavy atom. The minimum Gasteiger partial charge on any atom is -0.238 e. The zero-order valence-electron chi connectivity index (χ0n) is 8.81. The smallest absolute Gasteiger partial charge is 0.0649 e. The Bertz CT molecular complexity index is 443. The summed E-state index contributed by atoms with van der Waals surface area (Å²) in [6, 6.07) is 10.2. The first-order chi connectivity index (χ1) is 7.18. The van der Waals surface area contributed by atoms with Crippen molar-refractivity contribution in [1.29, 1.82) is 0 Å². The molecule has 2 rings (SSSR count). The molecule has 0 saturated carbocycles. The first-order valence-electron chi connectivity index (χ1n) is 4.98. The standard InChI is InChI=1S/C12H13BrN2/c1-9(2)12-7-8-14-15(12)11-5-3-10(13)4-6-11/h3-9H,1-2H3. The molecule has 1 aromatic carbocycles. The van der Waals surface area contributed by atoms with E-state index >= 15 is 0 Å². The van der Waals surface area contributed by atoms with Crippen LogP contribution in [-0.2, 0) is 0 Å². The first kappa shape index (κ1) is 10.4. The van der Waals surface area contributed by atoms with Crippen LogP contribution in [0.25, 0.3) is 5.69 Å². The normalized spacial score (nSPS) is 10.9. The summed E-state index contributed by atoms with van der Waals surface area (Å²) in [6.45, 7) is 4.35. The number of halogens is 1. The Morgan fingerprint density at radius 2 is 1.80 bits per heavy atom. The van der Waals surface area contributed by atoms with E-state index in [1.165, 1.54) is 5.69 Å². The second-order valence-electron chi connectivity index (χ2n) is 3.80. The summed E-state index contributed by atoms with van der Waals surface area (Å²) in [7, 11) is 0. The average Bonchev–Trinajstić information content (AvgIpc) is 2.67. The molecule has 0 unspecified atom stereocenters. The Morgan fingerprint density at radius 3 is 2.40 bits per heavy atom. The van der Waals surface area contributed by atoms with Crippen molar-refractivity contribution in [3.63, 3.8) is 0 Å². The molecule has 2 aromatic rings. The van der Waals surface area contributed by atoms with Crippen molar-refractivity contribution in [1.82, 2.24) is 9.78 Å². The topological polar surface area (TPSA) is 17.8 Å². The minimum atomic E-state index is 0.483. The van der Waals surface area contributed by atoms with Gasteiger partial charge in [0.25, 0.3) is 0 Å². The van der Waals surface area contributed by atoms with Gasteiger partial charge in [0, 0.05) is 16.4 Å². The van der Waals surface area contributed by atoms with Crippen LogP contribution in [0.15, 0.2) is 41.0 Å². The van der Waals surface area contributed by atoms with Gasteiger partial charge in [-0.3, -0.25) is 0 Å². The van der Waals surface area contributed by atoms with Gasteiger partial charge in [-0.05, 0) is 36.2 Å². The van der Waals surface area contributed by atoms with Crippen molar-refractivity contribution in [2.45, 2.75) is 19.8 Å². The molecule has 0 aliphatic carbocycles. The fourth-order valence-electron chi connectivity index (χ4n) is 1.55. The quantitative estimate of drug-likeness (QED) is 0.808. The van der Waals surface area contributed by atoms with Gasteiger partial charge < -0.3 is 0 Å². The molecule has 0 radical (unpaired) electrons. The van der Waals surface area contributed by atoms with Crippen molar-refractivity contribution in [2.24, 2.45) is 0 Å². The lowest BCUT2D eigenvalue weighted by Gasteiger charge is -2.09. The SMILES string of the molecule is CC(C)c1ccnn1-c1ccc(Br)cc1. The second-order valence-corrected chi connectivity index (χ2v) is 4.71. The van der Waals surface area contributed by atoms with E-state index in [0.717, 1.165) is 10.2 Å². The summed E-state index contributed by atoms with van der Waals surface area (Å²) in [5.74, 6) is 0.483. The third-order valence-electron chi connectivity index (χ3n) is 2.33. The van der Waals surface area contributed by atoms with Crippen LogP contribution >= 0.6 is 15.9 Å². The summed E-state index contributed by atoms with van der Waals surface area (Å²) in [5.41, 5.74) is 2.34. The van der Waals surface area contributed by atoms with E-state index in [1.54, 1.807) is 0 Å². The molecular weight excluding hydrogens is 252 g/mol. The molecule has 0 N–H and O–H groups in total. The third kappa shape index (κ3) is 2.12. The summed E-state index contributed by atoms with van der Waals surface area (Å²) in [4.78, 5) is 0. The number of benzene rings is 1. The van der Waals surface area contributed by atoms with Gasteiger partial charge in [0.2, 0.25) is 0 Å². The molecule has 2 nitrogen and oxygen atoms in total. The van der Waals surface area contributed by atoms with E-state index < -0.39 is 0 Å². The Hall–Kier alpha value is -1.09. The molecule has 15 heavy (non-hydrogen) atoms. The summed E-state index contributed by atoms with van der Waals surface area (Å²) in [6.07, 6.45) is 1.84. The van der Waals surface area contributed by atoms with Crippen molar-refractivity contribution in [3.8, 4) is 5.69 Å². The van der Waals surface area contributed by atoms with Crippen LogP contribution in [0.3, 0.4) is 0 Å². The zero-order chi connectivity index (χ0) is 10.8. The predicted molar refractivity (Wildman–Crippen MR) is 65.4 cm³/mol. The maximum Gasteiger partial charge on any atom is 0.0649 e. The lowest BCUT2D eigenvalue weighted by Crippen LogP contribution is -2.03. The lowest BCUT2D eigenvalue weighted by molar-refractivity contribution is 0.734. The highest BCUT2D eigenvalue weighted by molar-refractivity contribution is 9.10. The molecule has 0 fully saturated rings. The molecule has 0 aliphatic rings. The monoisotopic (exact) mass is 264 g/mol. The Labute approximate surface area is 98.1 Å². The predicted octanol–water partition coefficient (Wildman–Crippen LogP) is 3.76. The number of hydrogen-bond donors (Lipinski definition) is 0. The zero-order valence-corrected chi connectivity index (χ0v) is 10.4. The van der Waals surface area contributed by atoms with Crippen molar-refractivity contribution >= 4 is 15.9 Å². The first-order valence-corrected chi connectivity index (χ1v) is 5.77. The van der Waals surface area contributed by atoms with E-state index in [1.807, 2.05) is 23.0 Å². The highest BCUT2D eigenvalue weighted by Gasteiger charge is 2.07. The summed E-state index contributed by atoms with van der Waals surface area (Å²) in [5, 5.41) is 4.34. The lowest BCUT2D eigenvalue weighted by atomic mass is 10.1. The molecule has 0 amide bonds. The van der Waals surface area contributed by atoms with Gasteiger partial charge in [-0.2, -0.15) is 5.10 Å². The molecule has 3 heteroatoms. The molecule has 0 aliphatic heterocycles. The maximum absolute atomic E-state index is 4.34. The Kier molecular flexibility index (Phi) is 2.91. The van der Waals surface area contributed by atoms with Gasteiger partial charge in [-0.15, -0.1) is 0 Å². The fraction of sp³-hybridized carbons (Fsp3) is 0.250. The number of hydrogen-bond acceptors (Lipinski definition) is 1. The van der Waals surface area contributed by atoms with Crippen molar-refractivity contribution < 1.29 is 0 Å². The van der Waals surface area contributed by atoms with Gasteiger partial charge in [0.1, 0.15) is 0 Å². The largest absolute Gasteiger partial charge is 0.238 e. The van der Waals surface area contributed by atoms with E-state index in [4.69, 9.17) is 0 Å². The van der Waals surface area contributed by atoms with Crippen LogP contribution in [-0.4, -0.2) is 9.78 Å². The molecule has 0 atom stereocenters. The number of nitrogens with zero attached hydrogens (tertiary/aromatic N) is 2. The third-order valence-corrected chi connectivity index (χ3v) is 2.86. The summed E-state index contributed by atoms with van der Waals surface area (Å²) >= 11 is 3.43. The van der Waals surface area contributed by atoms with Gasteiger partial charge >= 0.3 is 0 Å². The van der Waals surface area contributed by atoms with Crippen molar-refractivity contribution in [3.05, 3.63) is 46.7 Å². The Balaban J connectivity index is 2.45. The van der Waals surface area contributed by atoms with Gasteiger partial charge in [0.15, 0.2) is 0 Å². The van der Waals surface area contributed by atoms with Gasteiger partial charge in [-0.25, -0.2) is 4.68 Å². The molecule has 1 heterocycles. The maximum atomic E-state index is 4.34. The highest BCUT2D eigenvalue weighted by Crippen LogP contribution is 2.19. The van der Waals surface area contributed by atoms with Crippen LogP contribution in [0.2, 0.25) is 0 Å². The fourth-order valence-corrected chi connectivity index (χ4v) is 1.81. The molecule has 1 aromatic heterocycles. The van der Waals surface area contributed by atoms with Crippen molar-refractivity contribution in [2.75, 3.05) is 0 Å². The van der Waals surface area contributed by atoms with E-state index in [2.05, 4.69) is 53.1 Å². The van der Waals surface area contributed by atoms with Crippen LogP contribution < -0.4 is 0 Å². The minimum absolute atomic E-state index is 0.483. The highest BCUT2D eigenvalue weighted by atomic mass is 79.9. The molecule has 0 bridgehead atoms. The average molecular weight is 265 g/mol. The van der Waals surface area contributed by atoms with E-state index in [-0.39, 0.29) is 0 Å². The van der Waals surface area contributed by atoms with E-state index in [0.29, 0.717) is 5.92 Å². The van der Waals surface area contributed by atoms with E-state index in [9.17, 15) is 0 Å². The number of rotatable bonds is 2. The van der Waals surface area contributed by atoms with Gasteiger partial charge in [0.05, 0.1) is 5.69 Å². The van der Waals surface area contributed by atoms with Crippen LogP contribution in [0, 0.1) is 0 Å². The van der Waals surface area contributed by atoms with Crippen LogP contribution in [0.1, 0.15) is 25.5 Å². The van der Waals surface area contributed by atoms with Crippen LogP contribution in [0.5, 0.6) is 0 Å². The molecule has 78 valence electrons. The van der Waals surface area contributed by atoms with Crippen LogP contribution in [0.4, 0.5) is 0 Å². The number of aromatic nitrogens is 2. The summed E-state index contributed by atoms with van der Waals surface area (Å²) < 4.78 is 3.07.